The highest BCUT2D eigenvalue weighted by Gasteiger charge is 1.94. The quantitative estimate of drug-likeness (QED) is 0.767. The summed E-state index contributed by atoms with van der Waals surface area (Å²) in [5.41, 5.74) is 10.1. The Kier molecular flexibility index (Phi) is 3.10. The highest BCUT2D eigenvalue weighted by atomic mass is 14.9. The van der Waals surface area contributed by atoms with Gasteiger partial charge in [-0.1, -0.05) is 35.9 Å². The Balaban J connectivity index is 2.02. The largest absolute Gasteiger partial charge is 0.399 e. The number of nitrogen functional groups attached to an aromatic ring is 1. The van der Waals surface area contributed by atoms with E-state index in [9.17, 15) is 0 Å². The molecule has 0 amide bonds. The molecule has 0 aliphatic rings. The van der Waals surface area contributed by atoms with Crippen LogP contribution in [-0.4, -0.2) is 0 Å². The molecule has 0 saturated heterocycles. The lowest BCUT2D eigenvalue weighted by molar-refractivity contribution is 1.14. The highest BCUT2D eigenvalue weighted by molar-refractivity contribution is 5.54. The summed E-state index contributed by atoms with van der Waals surface area (Å²) in [6, 6.07) is 16.3. The maximum Gasteiger partial charge on any atom is 0.0400 e. The van der Waals surface area contributed by atoms with Crippen molar-refractivity contribution in [2.45, 2.75) is 13.5 Å². The van der Waals surface area contributed by atoms with Crippen molar-refractivity contribution < 1.29 is 0 Å². The van der Waals surface area contributed by atoms with Crippen LogP contribution in [0.2, 0.25) is 0 Å². The van der Waals surface area contributed by atoms with Gasteiger partial charge in [-0.2, -0.15) is 0 Å². The van der Waals surface area contributed by atoms with Crippen LogP contribution in [-0.2, 0) is 6.54 Å². The molecular weight excluding hydrogens is 196 g/mol. The first kappa shape index (κ1) is 10.6. The lowest BCUT2D eigenvalue weighted by Crippen LogP contribution is -1.99. The fraction of sp³-hybridized carbons (Fsp3) is 0.143. The van der Waals surface area contributed by atoms with Gasteiger partial charge in [0.1, 0.15) is 0 Å². The molecular formula is C14H16N2. The molecule has 2 nitrogen and oxygen atoms in total. The van der Waals surface area contributed by atoms with E-state index in [1.807, 2.05) is 24.3 Å². The summed E-state index contributed by atoms with van der Waals surface area (Å²) in [6.07, 6.45) is 0. The zero-order chi connectivity index (χ0) is 11.4. The average Bonchev–Trinajstić information content (AvgIpc) is 2.27. The monoisotopic (exact) mass is 212 g/mol. The van der Waals surface area contributed by atoms with Crippen molar-refractivity contribution in [1.29, 1.82) is 0 Å². The zero-order valence-corrected chi connectivity index (χ0v) is 9.40. The number of rotatable bonds is 3. The maximum absolute atomic E-state index is 5.71. The van der Waals surface area contributed by atoms with Crippen molar-refractivity contribution in [3.63, 3.8) is 0 Å². The number of anilines is 2. The van der Waals surface area contributed by atoms with Crippen LogP contribution in [0.3, 0.4) is 0 Å². The smallest absolute Gasteiger partial charge is 0.0400 e. The van der Waals surface area contributed by atoms with Gasteiger partial charge < -0.3 is 11.1 Å². The molecule has 3 N–H and O–H groups in total. The van der Waals surface area contributed by atoms with Crippen molar-refractivity contribution in [3.05, 3.63) is 59.7 Å². The number of benzene rings is 2. The van der Waals surface area contributed by atoms with Crippen LogP contribution in [0.1, 0.15) is 11.1 Å². The lowest BCUT2D eigenvalue weighted by atomic mass is 10.1. The Bertz CT molecular complexity index is 432. The molecule has 0 heterocycles. The fourth-order valence-corrected chi connectivity index (χ4v) is 1.67. The molecule has 0 aliphatic carbocycles. The van der Waals surface area contributed by atoms with Gasteiger partial charge in [-0.25, -0.2) is 0 Å². The molecule has 2 rings (SSSR count). The van der Waals surface area contributed by atoms with Crippen molar-refractivity contribution in [1.82, 2.24) is 0 Å². The molecule has 0 aromatic heterocycles. The third-order valence-corrected chi connectivity index (χ3v) is 2.47. The van der Waals surface area contributed by atoms with Gasteiger partial charge in [0.2, 0.25) is 0 Å². The van der Waals surface area contributed by atoms with E-state index in [-0.39, 0.29) is 0 Å². The van der Waals surface area contributed by atoms with Crippen molar-refractivity contribution in [2.75, 3.05) is 11.1 Å². The predicted octanol–water partition coefficient (Wildman–Crippen LogP) is 3.19. The molecule has 2 heteroatoms. The van der Waals surface area contributed by atoms with Gasteiger partial charge in [0.15, 0.2) is 0 Å². The normalized spacial score (nSPS) is 10.1. The summed E-state index contributed by atoms with van der Waals surface area (Å²) in [4.78, 5) is 0. The molecule has 82 valence electrons. The summed E-state index contributed by atoms with van der Waals surface area (Å²) in [7, 11) is 0. The van der Waals surface area contributed by atoms with E-state index >= 15 is 0 Å². The zero-order valence-electron chi connectivity index (χ0n) is 9.40. The van der Waals surface area contributed by atoms with Gasteiger partial charge >= 0.3 is 0 Å². The number of nitrogens with one attached hydrogen (secondary N) is 1. The van der Waals surface area contributed by atoms with Crippen molar-refractivity contribution in [2.24, 2.45) is 0 Å². The second-order valence-corrected chi connectivity index (χ2v) is 3.97. The number of aryl methyl sites for hydroxylation is 1. The maximum atomic E-state index is 5.71. The van der Waals surface area contributed by atoms with E-state index in [4.69, 9.17) is 5.73 Å². The molecule has 0 spiro atoms. The third-order valence-electron chi connectivity index (χ3n) is 2.47. The molecule has 0 atom stereocenters. The minimum absolute atomic E-state index is 0.786. The Hall–Kier alpha value is -1.96. The molecule has 0 radical (unpaired) electrons. The summed E-state index contributed by atoms with van der Waals surface area (Å²) in [6.45, 7) is 2.93. The first-order chi connectivity index (χ1) is 7.74. The minimum atomic E-state index is 0.786. The van der Waals surface area contributed by atoms with Gasteiger partial charge in [0, 0.05) is 17.9 Å². The molecule has 0 saturated carbocycles. The summed E-state index contributed by atoms with van der Waals surface area (Å²) < 4.78 is 0. The standard InChI is InChI=1S/C14H16N2/c1-11-4-2-5-12(8-11)10-16-14-7-3-6-13(15)9-14/h2-9,16H,10,15H2,1H3. The number of nitrogens with two attached hydrogens (primary N) is 1. The Morgan fingerprint density at radius 2 is 1.88 bits per heavy atom. The summed E-state index contributed by atoms with van der Waals surface area (Å²) >= 11 is 0. The third kappa shape index (κ3) is 2.76. The number of hydrogen-bond acceptors (Lipinski definition) is 2. The molecule has 0 aliphatic heterocycles. The van der Waals surface area contributed by atoms with Crippen LogP contribution < -0.4 is 11.1 Å². The van der Waals surface area contributed by atoms with E-state index in [2.05, 4.69) is 36.5 Å². The minimum Gasteiger partial charge on any atom is -0.399 e. The van der Waals surface area contributed by atoms with Crippen LogP contribution >= 0.6 is 0 Å². The van der Waals surface area contributed by atoms with Crippen LogP contribution in [0, 0.1) is 6.92 Å². The first-order valence-corrected chi connectivity index (χ1v) is 5.39. The van der Waals surface area contributed by atoms with Crippen LogP contribution in [0.5, 0.6) is 0 Å². The predicted molar refractivity (Wildman–Crippen MR) is 69.4 cm³/mol. The topological polar surface area (TPSA) is 38.0 Å². The Labute approximate surface area is 96.1 Å². The van der Waals surface area contributed by atoms with E-state index in [1.54, 1.807) is 0 Å². The number of hydrogen-bond donors (Lipinski definition) is 2. The molecule has 0 fully saturated rings. The van der Waals surface area contributed by atoms with Crippen LogP contribution in [0.4, 0.5) is 11.4 Å². The fourth-order valence-electron chi connectivity index (χ4n) is 1.67. The molecule has 2 aromatic rings. The molecule has 2 aromatic carbocycles. The second-order valence-electron chi connectivity index (χ2n) is 3.97. The van der Waals surface area contributed by atoms with Crippen LogP contribution in [0.15, 0.2) is 48.5 Å². The SMILES string of the molecule is Cc1cccc(CNc2cccc(N)c2)c1. The Morgan fingerprint density at radius 3 is 2.62 bits per heavy atom. The first-order valence-electron chi connectivity index (χ1n) is 5.39. The van der Waals surface area contributed by atoms with Crippen molar-refractivity contribution >= 4 is 11.4 Å². The van der Waals surface area contributed by atoms with Crippen LogP contribution in [0.25, 0.3) is 0 Å². The summed E-state index contributed by atoms with van der Waals surface area (Å²) in [5, 5.41) is 3.35. The van der Waals surface area contributed by atoms with Crippen molar-refractivity contribution in [3.8, 4) is 0 Å². The highest BCUT2D eigenvalue weighted by Crippen LogP contribution is 2.13. The molecule has 0 bridgehead atoms. The Morgan fingerprint density at radius 1 is 1.06 bits per heavy atom. The van der Waals surface area contributed by atoms with Gasteiger partial charge in [0.25, 0.3) is 0 Å². The van der Waals surface area contributed by atoms with Gasteiger partial charge in [-0.15, -0.1) is 0 Å². The molecule has 16 heavy (non-hydrogen) atoms. The van der Waals surface area contributed by atoms with Gasteiger partial charge in [-0.3, -0.25) is 0 Å². The van der Waals surface area contributed by atoms with E-state index < -0.39 is 0 Å². The van der Waals surface area contributed by atoms with E-state index in [0.29, 0.717) is 0 Å². The second kappa shape index (κ2) is 4.71. The average molecular weight is 212 g/mol. The lowest BCUT2D eigenvalue weighted by Gasteiger charge is -2.07. The van der Waals surface area contributed by atoms with Gasteiger partial charge in [0.05, 0.1) is 0 Å². The van der Waals surface area contributed by atoms with Gasteiger partial charge in [-0.05, 0) is 30.7 Å². The van der Waals surface area contributed by atoms with E-state index in [1.165, 1.54) is 11.1 Å². The molecule has 0 unspecified atom stereocenters. The van der Waals surface area contributed by atoms with E-state index in [0.717, 1.165) is 17.9 Å². The summed E-state index contributed by atoms with van der Waals surface area (Å²) in [5.74, 6) is 0.